The molecule has 0 radical (unpaired) electrons. The Bertz CT molecular complexity index is 1170. The molecule has 0 saturated heterocycles. The molecule has 0 fully saturated rings. The molecule has 0 aliphatic heterocycles. The van der Waals surface area contributed by atoms with E-state index in [0.29, 0.717) is 34.4 Å². The monoisotopic (exact) mass is 442 g/mol. The number of terminal acetylenes is 1. The van der Waals surface area contributed by atoms with Gasteiger partial charge in [-0.05, 0) is 65.7 Å². The Balaban J connectivity index is 1.58. The van der Waals surface area contributed by atoms with Crippen molar-refractivity contribution in [1.29, 1.82) is 5.26 Å². The minimum Gasteiger partial charge on any atom is -0.489 e. The quantitative estimate of drug-likeness (QED) is 0.285. The van der Waals surface area contributed by atoms with Crippen LogP contribution in [0.5, 0.6) is 11.5 Å². The van der Waals surface area contributed by atoms with Gasteiger partial charge in [-0.15, -0.1) is 6.42 Å². The van der Waals surface area contributed by atoms with Gasteiger partial charge in [-0.3, -0.25) is 4.79 Å². The van der Waals surface area contributed by atoms with Gasteiger partial charge in [0, 0.05) is 10.7 Å². The smallest absolute Gasteiger partial charge is 0.266 e. The summed E-state index contributed by atoms with van der Waals surface area (Å²) < 4.78 is 11.0. The fourth-order valence-electron chi connectivity index (χ4n) is 2.68. The van der Waals surface area contributed by atoms with Crippen LogP contribution >= 0.6 is 11.6 Å². The Kier molecular flexibility index (Phi) is 7.92. The van der Waals surface area contributed by atoms with Crippen LogP contribution in [0.15, 0.2) is 78.4 Å². The van der Waals surface area contributed by atoms with Gasteiger partial charge in [0.25, 0.3) is 5.91 Å². The molecule has 0 atom stereocenters. The van der Waals surface area contributed by atoms with Crippen molar-refractivity contribution in [1.82, 2.24) is 0 Å². The number of carbonyl (C=O) groups excluding carboxylic acids is 1. The molecule has 0 unspecified atom stereocenters. The van der Waals surface area contributed by atoms with Crippen LogP contribution in [-0.4, -0.2) is 12.5 Å². The number of hydrogen-bond acceptors (Lipinski definition) is 4. The lowest BCUT2D eigenvalue weighted by Crippen LogP contribution is -2.13. The second-order valence-electron chi connectivity index (χ2n) is 6.63. The van der Waals surface area contributed by atoms with E-state index in [0.717, 1.165) is 5.56 Å². The topological polar surface area (TPSA) is 71.3 Å². The summed E-state index contributed by atoms with van der Waals surface area (Å²) in [6.07, 6.45) is 6.67. The molecule has 3 aromatic rings. The number of nitriles is 1. The predicted molar refractivity (Wildman–Crippen MR) is 125 cm³/mol. The molecule has 0 spiro atoms. The molecule has 158 valence electrons. The van der Waals surface area contributed by atoms with Crippen LogP contribution in [0, 0.1) is 23.7 Å². The number of benzene rings is 3. The Morgan fingerprint density at radius 3 is 2.22 bits per heavy atom. The lowest BCUT2D eigenvalue weighted by molar-refractivity contribution is -0.112. The van der Waals surface area contributed by atoms with Crippen LogP contribution < -0.4 is 14.8 Å². The van der Waals surface area contributed by atoms with E-state index in [1.165, 1.54) is 6.08 Å². The average molecular weight is 443 g/mol. The molecule has 0 aromatic heterocycles. The second-order valence-corrected chi connectivity index (χ2v) is 7.06. The third kappa shape index (κ3) is 6.67. The molecule has 0 aliphatic rings. The number of anilines is 1. The van der Waals surface area contributed by atoms with Gasteiger partial charge >= 0.3 is 0 Å². The lowest BCUT2D eigenvalue weighted by atomic mass is 10.1. The van der Waals surface area contributed by atoms with Crippen molar-refractivity contribution in [2.75, 3.05) is 11.9 Å². The minimum atomic E-state index is -0.505. The Labute approximate surface area is 191 Å². The van der Waals surface area contributed by atoms with Crippen LogP contribution in [0.4, 0.5) is 5.69 Å². The number of nitrogens with zero attached hydrogens (tertiary/aromatic N) is 1. The van der Waals surface area contributed by atoms with Crippen molar-refractivity contribution in [3.8, 4) is 29.9 Å². The molecule has 0 bridgehead atoms. The molecule has 3 aromatic carbocycles. The number of ether oxygens (including phenoxy) is 2. The van der Waals surface area contributed by atoms with E-state index in [2.05, 4.69) is 11.2 Å². The van der Waals surface area contributed by atoms with Gasteiger partial charge in [0.05, 0.1) is 0 Å². The summed E-state index contributed by atoms with van der Waals surface area (Å²) in [5, 5.41) is 12.8. The molecule has 0 saturated carbocycles. The maximum Gasteiger partial charge on any atom is 0.266 e. The van der Waals surface area contributed by atoms with Gasteiger partial charge in [-0.1, -0.05) is 41.8 Å². The van der Waals surface area contributed by atoms with Gasteiger partial charge in [-0.2, -0.15) is 5.26 Å². The second kappa shape index (κ2) is 11.3. The van der Waals surface area contributed by atoms with Crippen molar-refractivity contribution in [3.63, 3.8) is 0 Å². The predicted octanol–water partition coefficient (Wildman–Crippen LogP) is 5.48. The average Bonchev–Trinajstić information content (AvgIpc) is 2.82. The molecule has 6 heteroatoms. The van der Waals surface area contributed by atoms with Gasteiger partial charge in [0.15, 0.2) is 0 Å². The highest BCUT2D eigenvalue weighted by Crippen LogP contribution is 2.19. The van der Waals surface area contributed by atoms with E-state index < -0.39 is 5.91 Å². The highest BCUT2D eigenvalue weighted by molar-refractivity contribution is 6.30. The van der Waals surface area contributed by atoms with Crippen LogP contribution in [0.25, 0.3) is 6.08 Å². The van der Waals surface area contributed by atoms with E-state index >= 15 is 0 Å². The molecule has 32 heavy (non-hydrogen) atoms. The largest absolute Gasteiger partial charge is 0.489 e. The molecular weight excluding hydrogens is 424 g/mol. The normalized spacial score (nSPS) is 10.5. The SMILES string of the molecule is C#CCOc1ccc(/C=C(\C#N)C(=O)Nc2ccc(OCc3ccc(Cl)cc3)cc2)cc1. The van der Waals surface area contributed by atoms with Crippen LogP contribution in [0.3, 0.4) is 0 Å². The summed E-state index contributed by atoms with van der Waals surface area (Å²) in [7, 11) is 0. The van der Waals surface area contributed by atoms with Gasteiger partial charge in [0.1, 0.15) is 36.4 Å². The zero-order valence-electron chi connectivity index (χ0n) is 17.0. The van der Waals surface area contributed by atoms with Crippen molar-refractivity contribution < 1.29 is 14.3 Å². The van der Waals surface area contributed by atoms with Crippen molar-refractivity contribution >= 4 is 29.3 Å². The first-order chi connectivity index (χ1) is 15.6. The molecule has 3 rings (SSSR count). The number of nitrogens with one attached hydrogen (secondary N) is 1. The molecule has 0 aliphatic carbocycles. The lowest BCUT2D eigenvalue weighted by Gasteiger charge is -2.08. The molecule has 0 heterocycles. The van der Waals surface area contributed by atoms with Crippen molar-refractivity contribution in [3.05, 3.63) is 94.5 Å². The summed E-state index contributed by atoms with van der Waals surface area (Å²) in [6.45, 7) is 0.572. The third-order valence-corrected chi connectivity index (χ3v) is 4.56. The number of halogens is 1. The number of amides is 1. The first-order valence-corrected chi connectivity index (χ1v) is 10.0. The van der Waals surface area contributed by atoms with Crippen LogP contribution in [0.2, 0.25) is 5.02 Å². The first kappa shape index (κ1) is 22.5. The van der Waals surface area contributed by atoms with Crippen molar-refractivity contribution in [2.24, 2.45) is 0 Å². The van der Waals surface area contributed by atoms with E-state index in [9.17, 15) is 10.1 Å². The van der Waals surface area contributed by atoms with E-state index in [1.807, 2.05) is 18.2 Å². The first-order valence-electron chi connectivity index (χ1n) is 9.64. The summed E-state index contributed by atoms with van der Waals surface area (Å²) in [5.74, 6) is 3.15. The highest BCUT2D eigenvalue weighted by Gasteiger charge is 2.10. The number of rotatable bonds is 8. The minimum absolute atomic E-state index is 0.0228. The summed E-state index contributed by atoms with van der Waals surface area (Å²) in [5.41, 5.74) is 2.21. The van der Waals surface area contributed by atoms with Crippen LogP contribution in [-0.2, 0) is 11.4 Å². The van der Waals surface area contributed by atoms with E-state index in [1.54, 1.807) is 60.7 Å². The maximum absolute atomic E-state index is 12.5. The highest BCUT2D eigenvalue weighted by atomic mass is 35.5. The number of hydrogen-bond donors (Lipinski definition) is 1. The third-order valence-electron chi connectivity index (χ3n) is 4.31. The number of carbonyl (C=O) groups is 1. The van der Waals surface area contributed by atoms with Gasteiger partial charge < -0.3 is 14.8 Å². The Morgan fingerprint density at radius 1 is 0.969 bits per heavy atom. The summed E-state index contributed by atoms with van der Waals surface area (Å²) >= 11 is 5.88. The molecule has 5 nitrogen and oxygen atoms in total. The summed E-state index contributed by atoms with van der Waals surface area (Å²) in [6, 6.07) is 23.2. The standard InChI is InChI=1S/C26H19ClN2O3/c1-2-15-31-24-11-5-19(6-12-24)16-21(17-28)26(30)29-23-9-13-25(14-10-23)32-18-20-3-7-22(27)8-4-20/h1,3-14,16H,15,18H2,(H,29,30)/b21-16+. The van der Waals surface area contributed by atoms with Gasteiger partial charge in [0.2, 0.25) is 0 Å². The Morgan fingerprint density at radius 2 is 1.59 bits per heavy atom. The summed E-state index contributed by atoms with van der Waals surface area (Å²) in [4.78, 5) is 12.5. The fraction of sp³-hybridized carbons (Fsp3) is 0.0769. The fourth-order valence-corrected chi connectivity index (χ4v) is 2.81. The van der Waals surface area contributed by atoms with Crippen LogP contribution in [0.1, 0.15) is 11.1 Å². The zero-order valence-corrected chi connectivity index (χ0v) is 17.8. The molecule has 1 amide bonds. The van der Waals surface area contributed by atoms with E-state index in [4.69, 9.17) is 27.5 Å². The molecular formula is C26H19ClN2O3. The van der Waals surface area contributed by atoms with Gasteiger partial charge in [-0.25, -0.2) is 0 Å². The van der Waals surface area contributed by atoms with Crippen molar-refractivity contribution in [2.45, 2.75) is 6.61 Å². The Hall–Kier alpha value is -4.19. The zero-order chi connectivity index (χ0) is 22.8. The maximum atomic E-state index is 12.5. The van der Waals surface area contributed by atoms with E-state index in [-0.39, 0.29) is 12.2 Å². The molecule has 1 N–H and O–H groups in total.